The van der Waals surface area contributed by atoms with Crippen LogP contribution >= 0.6 is 34.4 Å². The summed E-state index contributed by atoms with van der Waals surface area (Å²) >= 11 is 3.85. The lowest BCUT2D eigenvalue weighted by atomic mass is 10.3. The molecule has 0 spiro atoms. The smallest absolute Gasteiger partial charge is 0.175 e. The van der Waals surface area contributed by atoms with Crippen molar-refractivity contribution in [3.63, 3.8) is 0 Å². The highest BCUT2D eigenvalue weighted by molar-refractivity contribution is 14.1. The van der Waals surface area contributed by atoms with Gasteiger partial charge in [-0.2, -0.15) is 0 Å². The van der Waals surface area contributed by atoms with Crippen molar-refractivity contribution in [2.45, 2.75) is 16.6 Å². The summed E-state index contributed by atoms with van der Waals surface area (Å²) in [6.07, 6.45) is 3.14. The third-order valence-electron chi connectivity index (χ3n) is 3.59. The Morgan fingerprint density at radius 3 is 3.00 bits per heavy atom. The van der Waals surface area contributed by atoms with Gasteiger partial charge in [-0.1, -0.05) is 11.8 Å². The van der Waals surface area contributed by atoms with Crippen molar-refractivity contribution in [3.8, 4) is 0 Å². The summed E-state index contributed by atoms with van der Waals surface area (Å²) in [5.41, 5.74) is 13.9. The molecule has 1 aromatic carbocycles. The predicted octanol–water partition coefficient (Wildman–Crippen LogP) is 2.87. The van der Waals surface area contributed by atoms with Crippen LogP contribution in [0.3, 0.4) is 0 Å². The molecule has 7 nitrogen and oxygen atoms in total. The zero-order valence-electron chi connectivity index (χ0n) is 12.4. The van der Waals surface area contributed by atoms with Gasteiger partial charge >= 0.3 is 0 Å². The Morgan fingerprint density at radius 2 is 2.17 bits per heavy atom. The first-order valence-electron chi connectivity index (χ1n) is 7.18. The molecule has 0 unspecified atom stereocenters. The van der Waals surface area contributed by atoms with E-state index in [9.17, 15) is 0 Å². The van der Waals surface area contributed by atoms with Gasteiger partial charge in [-0.25, -0.2) is 15.0 Å². The van der Waals surface area contributed by atoms with Gasteiger partial charge in [0, 0.05) is 26.9 Å². The molecule has 122 valence electrons. The zero-order valence-corrected chi connectivity index (χ0v) is 15.4. The molecule has 0 bridgehead atoms. The molecule has 0 atom stereocenters. The molecule has 0 aliphatic carbocycles. The lowest BCUT2D eigenvalue weighted by Gasteiger charge is -2.08. The van der Waals surface area contributed by atoms with E-state index in [0.717, 1.165) is 24.6 Å². The highest BCUT2D eigenvalue weighted by Crippen LogP contribution is 2.35. The summed E-state index contributed by atoms with van der Waals surface area (Å²) in [6, 6.07) is 6.05. The number of fused-ring (bicyclic) bond motifs is 2. The fourth-order valence-electron chi connectivity index (χ4n) is 2.48. The molecule has 4 rings (SSSR count). The first-order chi connectivity index (χ1) is 11.7. The lowest BCUT2D eigenvalue weighted by Crippen LogP contribution is -2.11. The number of imidazole rings is 1. The third-order valence-corrected chi connectivity index (χ3v) is 5.90. The van der Waals surface area contributed by atoms with Gasteiger partial charge in [-0.3, -0.25) is 0 Å². The molecule has 0 aliphatic rings. The van der Waals surface area contributed by atoms with Crippen molar-refractivity contribution in [2.24, 2.45) is 5.73 Å². The number of aromatic nitrogens is 4. The normalized spacial score (nSPS) is 11.6. The van der Waals surface area contributed by atoms with Gasteiger partial charge in [0.05, 0.1) is 6.26 Å². The van der Waals surface area contributed by atoms with Crippen LogP contribution in [0.2, 0.25) is 0 Å². The molecule has 3 aromatic heterocycles. The van der Waals surface area contributed by atoms with Crippen molar-refractivity contribution < 1.29 is 4.42 Å². The maximum atomic E-state index is 5.94. The van der Waals surface area contributed by atoms with Crippen LogP contribution in [0.5, 0.6) is 0 Å². The molecule has 0 saturated heterocycles. The van der Waals surface area contributed by atoms with Crippen molar-refractivity contribution in [1.82, 2.24) is 19.5 Å². The van der Waals surface area contributed by atoms with Gasteiger partial charge in [-0.15, -0.1) is 0 Å². The van der Waals surface area contributed by atoms with E-state index in [-0.39, 0.29) is 0 Å². The number of nitrogens with two attached hydrogens (primary N) is 2. The van der Waals surface area contributed by atoms with E-state index in [0.29, 0.717) is 30.1 Å². The molecule has 24 heavy (non-hydrogen) atoms. The molecule has 4 N–H and O–H groups in total. The molecule has 4 aromatic rings. The van der Waals surface area contributed by atoms with Gasteiger partial charge < -0.3 is 20.5 Å². The Labute approximate surface area is 155 Å². The summed E-state index contributed by atoms with van der Waals surface area (Å²) in [5, 5.41) is 1.85. The first kappa shape index (κ1) is 15.7. The Bertz CT molecular complexity index is 1040. The number of furan rings is 1. The highest BCUT2D eigenvalue weighted by atomic mass is 127. The number of benzene rings is 1. The Hall–Kier alpha value is -1.85. The molecule has 0 fully saturated rings. The molecule has 3 heterocycles. The number of anilines is 1. The number of nitrogens with zero attached hydrogens (tertiary/aromatic N) is 4. The molecular formula is C15H13IN6OS. The predicted molar refractivity (Wildman–Crippen MR) is 102 cm³/mol. The van der Waals surface area contributed by atoms with E-state index in [2.05, 4.69) is 43.6 Å². The number of halogens is 1. The fraction of sp³-hybridized carbons (Fsp3) is 0.133. The lowest BCUT2D eigenvalue weighted by molar-refractivity contribution is 0.615. The minimum Gasteiger partial charge on any atom is -0.464 e. The van der Waals surface area contributed by atoms with Crippen LogP contribution in [0.25, 0.3) is 22.1 Å². The first-order valence-corrected chi connectivity index (χ1v) is 9.08. The van der Waals surface area contributed by atoms with Crippen LogP contribution in [-0.2, 0) is 6.54 Å². The minimum absolute atomic E-state index is 0.373. The van der Waals surface area contributed by atoms with E-state index in [1.807, 2.05) is 16.7 Å². The monoisotopic (exact) mass is 452 g/mol. The molecule has 0 aliphatic heterocycles. The van der Waals surface area contributed by atoms with Crippen molar-refractivity contribution in [3.05, 3.63) is 34.4 Å². The molecule has 9 heteroatoms. The van der Waals surface area contributed by atoms with Crippen LogP contribution in [-0.4, -0.2) is 26.1 Å². The van der Waals surface area contributed by atoms with E-state index < -0.39 is 0 Å². The van der Waals surface area contributed by atoms with Crippen molar-refractivity contribution in [2.75, 3.05) is 12.3 Å². The SMILES string of the molecule is NCCn1c(Sc2cc3ccoc3cc2I)nc2c(N)ncnc21. The largest absolute Gasteiger partial charge is 0.464 e. The van der Waals surface area contributed by atoms with Gasteiger partial charge in [0.15, 0.2) is 22.1 Å². The number of hydrogen-bond donors (Lipinski definition) is 2. The highest BCUT2D eigenvalue weighted by Gasteiger charge is 2.17. The minimum atomic E-state index is 0.373. The van der Waals surface area contributed by atoms with Crippen LogP contribution in [0, 0.1) is 3.57 Å². The summed E-state index contributed by atoms with van der Waals surface area (Å²) in [7, 11) is 0. The second kappa shape index (κ2) is 6.22. The Balaban J connectivity index is 1.84. The number of rotatable bonds is 4. The maximum absolute atomic E-state index is 5.94. The van der Waals surface area contributed by atoms with E-state index in [1.54, 1.807) is 18.0 Å². The molecule has 0 radical (unpaired) electrons. The Kier molecular flexibility index (Phi) is 4.06. The van der Waals surface area contributed by atoms with Gasteiger partial charge in [0.25, 0.3) is 0 Å². The summed E-state index contributed by atoms with van der Waals surface area (Å²) in [5.74, 6) is 0.373. The van der Waals surface area contributed by atoms with Gasteiger partial charge in [-0.05, 0) is 40.8 Å². The number of nitrogen functional groups attached to an aromatic ring is 1. The Morgan fingerprint density at radius 1 is 1.29 bits per heavy atom. The van der Waals surface area contributed by atoms with E-state index in [1.165, 1.54) is 6.33 Å². The summed E-state index contributed by atoms with van der Waals surface area (Å²) < 4.78 is 8.51. The van der Waals surface area contributed by atoms with E-state index in [4.69, 9.17) is 15.9 Å². The van der Waals surface area contributed by atoms with Crippen molar-refractivity contribution >= 4 is 62.3 Å². The second-order valence-electron chi connectivity index (χ2n) is 5.11. The average Bonchev–Trinajstić information content (AvgIpc) is 3.14. The van der Waals surface area contributed by atoms with Gasteiger partial charge in [0.2, 0.25) is 0 Å². The summed E-state index contributed by atoms with van der Waals surface area (Å²) in [4.78, 5) is 14.0. The van der Waals surface area contributed by atoms with Crippen LogP contribution in [0.1, 0.15) is 0 Å². The number of hydrogen-bond acceptors (Lipinski definition) is 7. The molecule has 0 saturated carbocycles. The third kappa shape index (κ3) is 2.62. The van der Waals surface area contributed by atoms with Crippen LogP contribution < -0.4 is 11.5 Å². The van der Waals surface area contributed by atoms with E-state index >= 15 is 0 Å². The van der Waals surface area contributed by atoms with Crippen molar-refractivity contribution in [1.29, 1.82) is 0 Å². The fourth-order valence-corrected chi connectivity index (χ4v) is 4.22. The average molecular weight is 452 g/mol. The van der Waals surface area contributed by atoms with Crippen LogP contribution in [0.15, 0.2) is 45.3 Å². The van der Waals surface area contributed by atoms with Gasteiger partial charge in [0.1, 0.15) is 11.9 Å². The molecule has 0 amide bonds. The summed E-state index contributed by atoms with van der Waals surface area (Å²) in [6.45, 7) is 1.10. The molecular weight excluding hydrogens is 439 g/mol. The second-order valence-corrected chi connectivity index (χ2v) is 7.28. The quantitative estimate of drug-likeness (QED) is 0.459. The topological polar surface area (TPSA) is 109 Å². The maximum Gasteiger partial charge on any atom is 0.175 e. The van der Waals surface area contributed by atoms with Crippen LogP contribution in [0.4, 0.5) is 5.82 Å². The standard InChI is InChI=1S/C15H13IN6OS/c16-9-6-10-8(1-4-23-10)5-11(9)24-15-21-12-13(18)19-7-20-14(12)22(15)3-2-17/h1,4-7H,2-3,17H2,(H2,18,19,20). The zero-order chi connectivity index (χ0) is 16.7.